The third-order valence-electron chi connectivity index (χ3n) is 2.89. The highest BCUT2D eigenvalue weighted by molar-refractivity contribution is 7.09. The Balaban J connectivity index is 2.10. The van der Waals surface area contributed by atoms with Crippen LogP contribution in [0.1, 0.15) is 41.7 Å². The van der Waals surface area contributed by atoms with Gasteiger partial charge in [0.15, 0.2) is 0 Å². The molecule has 0 radical (unpaired) electrons. The zero-order valence-corrected chi connectivity index (χ0v) is 12.5. The molecule has 0 aliphatic rings. The lowest BCUT2D eigenvalue weighted by Gasteiger charge is -2.21. The lowest BCUT2D eigenvalue weighted by atomic mass is 10.1. The highest BCUT2D eigenvalue weighted by Gasteiger charge is 2.21. The fourth-order valence-corrected chi connectivity index (χ4v) is 2.63. The van der Waals surface area contributed by atoms with Crippen LogP contribution in [-0.2, 0) is 12.1 Å². The summed E-state index contributed by atoms with van der Waals surface area (Å²) in [6.07, 6.45) is 1.64. The Morgan fingerprint density at radius 2 is 2.21 bits per heavy atom. The van der Waals surface area contributed by atoms with Crippen molar-refractivity contribution in [1.29, 1.82) is 0 Å². The lowest BCUT2D eigenvalue weighted by Crippen LogP contribution is -2.26. The maximum Gasteiger partial charge on any atom is 0.255 e. The summed E-state index contributed by atoms with van der Waals surface area (Å²) in [5.41, 5.74) is 1.43. The van der Waals surface area contributed by atoms with Crippen molar-refractivity contribution in [2.75, 3.05) is 0 Å². The molecule has 0 unspecified atom stereocenters. The highest BCUT2D eigenvalue weighted by atomic mass is 32.1. The number of aromatic nitrogens is 2. The molecular formula is C14H19N3OS. The Kier molecular flexibility index (Phi) is 3.75. The van der Waals surface area contributed by atoms with Crippen LogP contribution in [-0.4, -0.2) is 15.7 Å². The summed E-state index contributed by atoms with van der Waals surface area (Å²) >= 11 is 1.64. The van der Waals surface area contributed by atoms with Crippen molar-refractivity contribution in [3.63, 3.8) is 0 Å². The molecule has 4 nitrogen and oxygen atoms in total. The van der Waals surface area contributed by atoms with Gasteiger partial charge in [0.1, 0.15) is 0 Å². The molecule has 0 aromatic carbocycles. The molecule has 0 fully saturated rings. The van der Waals surface area contributed by atoms with Crippen molar-refractivity contribution in [2.45, 2.75) is 39.8 Å². The Bertz CT molecular complexity index is 564. The summed E-state index contributed by atoms with van der Waals surface area (Å²) < 4.78 is 1.88. The predicted octanol–water partition coefficient (Wildman–Crippen LogP) is 2.94. The summed E-state index contributed by atoms with van der Waals surface area (Å²) in [6.45, 7) is 8.70. The first kappa shape index (κ1) is 13.8. The van der Waals surface area contributed by atoms with Crippen LogP contribution in [0.25, 0.3) is 0 Å². The van der Waals surface area contributed by atoms with E-state index in [4.69, 9.17) is 0 Å². The van der Waals surface area contributed by atoms with Gasteiger partial charge in [-0.3, -0.25) is 9.48 Å². The van der Waals surface area contributed by atoms with E-state index in [-0.39, 0.29) is 11.4 Å². The van der Waals surface area contributed by atoms with Crippen molar-refractivity contribution < 1.29 is 4.79 Å². The largest absolute Gasteiger partial charge is 0.347 e. The zero-order chi connectivity index (χ0) is 14.0. The number of nitrogens with zero attached hydrogens (tertiary/aromatic N) is 2. The van der Waals surface area contributed by atoms with Gasteiger partial charge >= 0.3 is 0 Å². The van der Waals surface area contributed by atoms with Gasteiger partial charge in [0.25, 0.3) is 5.91 Å². The monoisotopic (exact) mass is 277 g/mol. The van der Waals surface area contributed by atoms with E-state index in [0.717, 1.165) is 10.6 Å². The molecule has 2 aromatic rings. The minimum atomic E-state index is -0.115. The number of carbonyl (C=O) groups excluding carboxylic acids is 1. The molecule has 0 saturated heterocycles. The van der Waals surface area contributed by atoms with Crippen molar-refractivity contribution in [2.24, 2.45) is 0 Å². The van der Waals surface area contributed by atoms with Gasteiger partial charge in [-0.1, -0.05) is 6.07 Å². The second-order valence-electron chi connectivity index (χ2n) is 5.49. The SMILES string of the molecule is Cc1c(C(=O)NCc2cccs2)cnn1C(C)(C)C. The number of carbonyl (C=O) groups is 1. The zero-order valence-electron chi connectivity index (χ0n) is 11.7. The van der Waals surface area contributed by atoms with Crippen LogP contribution in [0.15, 0.2) is 23.7 Å². The fourth-order valence-electron chi connectivity index (χ4n) is 1.98. The first-order chi connectivity index (χ1) is 8.89. The molecular weight excluding hydrogens is 258 g/mol. The van der Waals surface area contributed by atoms with E-state index in [1.807, 2.05) is 29.1 Å². The Labute approximate surface area is 117 Å². The molecule has 1 amide bonds. The minimum Gasteiger partial charge on any atom is -0.347 e. The average molecular weight is 277 g/mol. The average Bonchev–Trinajstić information content (AvgIpc) is 2.93. The topological polar surface area (TPSA) is 46.9 Å². The van der Waals surface area contributed by atoms with Gasteiger partial charge in [-0.2, -0.15) is 5.10 Å². The van der Waals surface area contributed by atoms with E-state index in [1.165, 1.54) is 0 Å². The fraction of sp³-hybridized carbons (Fsp3) is 0.429. The molecule has 0 atom stereocenters. The third-order valence-corrected chi connectivity index (χ3v) is 3.77. The number of rotatable bonds is 3. The summed E-state index contributed by atoms with van der Waals surface area (Å²) in [5.74, 6) is -0.0681. The first-order valence-electron chi connectivity index (χ1n) is 6.25. The van der Waals surface area contributed by atoms with Crippen LogP contribution in [0.4, 0.5) is 0 Å². The summed E-state index contributed by atoms with van der Waals surface area (Å²) in [7, 11) is 0. The van der Waals surface area contributed by atoms with Crippen molar-refractivity contribution in [1.82, 2.24) is 15.1 Å². The first-order valence-corrected chi connectivity index (χ1v) is 7.13. The van der Waals surface area contributed by atoms with E-state index in [1.54, 1.807) is 17.5 Å². The van der Waals surface area contributed by atoms with Gasteiger partial charge in [0.05, 0.1) is 23.8 Å². The normalized spacial score (nSPS) is 11.6. The van der Waals surface area contributed by atoms with Crippen LogP contribution < -0.4 is 5.32 Å². The number of nitrogens with one attached hydrogen (secondary N) is 1. The molecule has 0 bridgehead atoms. The summed E-state index contributed by atoms with van der Waals surface area (Å²) in [5, 5.41) is 9.24. The van der Waals surface area contributed by atoms with Crippen LogP contribution in [0, 0.1) is 6.92 Å². The molecule has 0 aliphatic carbocycles. The summed E-state index contributed by atoms with van der Waals surface area (Å²) in [4.78, 5) is 13.3. The van der Waals surface area contributed by atoms with E-state index in [2.05, 4.69) is 31.2 Å². The van der Waals surface area contributed by atoms with Gasteiger partial charge < -0.3 is 5.32 Å². The Morgan fingerprint density at radius 3 is 2.74 bits per heavy atom. The minimum absolute atomic E-state index is 0.0681. The van der Waals surface area contributed by atoms with Crippen molar-refractivity contribution in [3.05, 3.63) is 39.8 Å². The molecule has 0 spiro atoms. The summed E-state index contributed by atoms with van der Waals surface area (Å²) in [6, 6.07) is 3.99. The van der Waals surface area contributed by atoms with Crippen LogP contribution in [0.3, 0.4) is 0 Å². The predicted molar refractivity (Wildman–Crippen MR) is 77.4 cm³/mol. The smallest absolute Gasteiger partial charge is 0.255 e. The standard InChI is InChI=1S/C14H19N3OS/c1-10-12(9-16-17(10)14(2,3)4)13(18)15-8-11-6-5-7-19-11/h5-7,9H,8H2,1-4H3,(H,15,18). The molecule has 2 rings (SSSR count). The van der Waals surface area contributed by atoms with Gasteiger partial charge in [-0.25, -0.2) is 0 Å². The lowest BCUT2D eigenvalue weighted by molar-refractivity contribution is 0.0950. The van der Waals surface area contributed by atoms with Gasteiger partial charge in [0.2, 0.25) is 0 Å². The van der Waals surface area contributed by atoms with Crippen molar-refractivity contribution >= 4 is 17.2 Å². The van der Waals surface area contributed by atoms with E-state index in [9.17, 15) is 4.79 Å². The van der Waals surface area contributed by atoms with Gasteiger partial charge in [-0.15, -0.1) is 11.3 Å². The Morgan fingerprint density at radius 1 is 1.47 bits per heavy atom. The second kappa shape index (κ2) is 5.17. The molecule has 2 heterocycles. The maximum absolute atomic E-state index is 12.1. The molecule has 5 heteroatoms. The molecule has 19 heavy (non-hydrogen) atoms. The van der Waals surface area contributed by atoms with Crippen LogP contribution in [0.2, 0.25) is 0 Å². The molecule has 0 saturated carbocycles. The molecule has 0 aliphatic heterocycles. The maximum atomic E-state index is 12.1. The highest BCUT2D eigenvalue weighted by Crippen LogP contribution is 2.18. The number of amides is 1. The number of hydrogen-bond acceptors (Lipinski definition) is 3. The molecule has 2 aromatic heterocycles. The van der Waals surface area contributed by atoms with Crippen LogP contribution in [0.5, 0.6) is 0 Å². The van der Waals surface area contributed by atoms with E-state index in [0.29, 0.717) is 12.1 Å². The molecule has 102 valence electrons. The number of thiophene rings is 1. The van der Waals surface area contributed by atoms with Gasteiger partial charge in [-0.05, 0) is 39.1 Å². The second-order valence-corrected chi connectivity index (χ2v) is 6.52. The third kappa shape index (κ3) is 3.04. The quantitative estimate of drug-likeness (QED) is 0.937. The van der Waals surface area contributed by atoms with Crippen LogP contribution >= 0.6 is 11.3 Å². The van der Waals surface area contributed by atoms with Gasteiger partial charge in [0, 0.05) is 10.6 Å². The van der Waals surface area contributed by atoms with Crippen molar-refractivity contribution in [3.8, 4) is 0 Å². The number of hydrogen-bond donors (Lipinski definition) is 1. The van der Waals surface area contributed by atoms with E-state index >= 15 is 0 Å². The van der Waals surface area contributed by atoms with E-state index < -0.39 is 0 Å². The molecule has 1 N–H and O–H groups in total. The Hall–Kier alpha value is -1.62.